The monoisotopic (exact) mass is 293 g/mol. The average molecular weight is 294 g/mol. The molecule has 4 nitrogen and oxygen atoms in total. The molecule has 1 amide bonds. The minimum absolute atomic E-state index is 0.130. The number of hydrogen-bond acceptors (Lipinski definition) is 3. The summed E-state index contributed by atoms with van der Waals surface area (Å²) in [5.41, 5.74) is 7.19. The SMILES string of the molecule is NCC(c1ccc(Cl)cc1)N1CCCC2C(=O)NCC21. The van der Waals surface area contributed by atoms with Crippen molar-refractivity contribution in [3.8, 4) is 0 Å². The van der Waals surface area contributed by atoms with Crippen molar-refractivity contribution in [3.05, 3.63) is 34.9 Å². The summed E-state index contributed by atoms with van der Waals surface area (Å²) < 4.78 is 0. The summed E-state index contributed by atoms with van der Waals surface area (Å²) in [7, 11) is 0. The molecule has 0 aliphatic carbocycles. The van der Waals surface area contributed by atoms with Gasteiger partial charge in [0, 0.05) is 30.2 Å². The van der Waals surface area contributed by atoms with E-state index in [9.17, 15) is 4.79 Å². The van der Waals surface area contributed by atoms with Gasteiger partial charge in [0.1, 0.15) is 0 Å². The third-order valence-corrected chi connectivity index (χ3v) is 4.77. The van der Waals surface area contributed by atoms with E-state index < -0.39 is 0 Å². The molecule has 1 aromatic rings. The highest BCUT2D eigenvalue weighted by molar-refractivity contribution is 6.30. The molecule has 0 spiro atoms. The molecule has 3 N–H and O–H groups in total. The van der Waals surface area contributed by atoms with Crippen molar-refractivity contribution in [2.45, 2.75) is 24.9 Å². The molecule has 2 saturated heterocycles. The topological polar surface area (TPSA) is 58.4 Å². The van der Waals surface area contributed by atoms with Crippen LogP contribution in [0.15, 0.2) is 24.3 Å². The number of nitrogens with one attached hydrogen (secondary N) is 1. The number of nitrogens with two attached hydrogens (primary N) is 1. The van der Waals surface area contributed by atoms with Crippen LogP contribution in [0.3, 0.4) is 0 Å². The van der Waals surface area contributed by atoms with E-state index in [0.717, 1.165) is 31.0 Å². The number of hydrogen-bond donors (Lipinski definition) is 2. The lowest BCUT2D eigenvalue weighted by Crippen LogP contribution is -2.49. The molecule has 2 aliphatic heterocycles. The number of piperidine rings is 1. The predicted octanol–water partition coefficient (Wildman–Crippen LogP) is 1.55. The fourth-order valence-electron chi connectivity index (χ4n) is 3.52. The second kappa shape index (κ2) is 5.72. The smallest absolute Gasteiger partial charge is 0.224 e. The number of nitrogens with zero attached hydrogens (tertiary/aromatic N) is 1. The van der Waals surface area contributed by atoms with Crippen LogP contribution in [0.25, 0.3) is 0 Å². The minimum atomic E-state index is 0.130. The quantitative estimate of drug-likeness (QED) is 0.889. The molecular weight excluding hydrogens is 274 g/mol. The number of benzene rings is 1. The number of rotatable bonds is 3. The van der Waals surface area contributed by atoms with Crippen molar-refractivity contribution in [2.75, 3.05) is 19.6 Å². The van der Waals surface area contributed by atoms with Crippen molar-refractivity contribution >= 4 is 17.5 Å². The van der Waals surface area contributed by atoms with Gasteiger partial charge in [0.15, 0.2) is 0 Å². The summed E-state index contributed by atoms with van der Waals surface area (Å²) in [5, 5.41) is 3.72. The summed E-state index contributed by atoms with van der Waals surface area (Å²) in [6.45, 7) is 2.30. The minimum Gasteiger partial charge on any atom is -0.354 e. The van der Waals surface area contributed by atoms with Crippen molar-refractivity contribution in [2.24, 2.45) is 11.7 Å². The van der Waals surface area contributed by atoms with E-state index in [-0.39, 0.29) is 23.9 Å². The van der Waals surface area contributed by atoms with Crippen LogP contribution in [0.5, 0.6) is 0 Å². The molecule has 0 aromatic heterocycles. The molecule has 3 atom stereocenters. The Balaban J connectivity index is 1.85. The van der Waals surface area contributed by atoms with E-state index in [1.165, 1.54) is 5.56 Å². The lowest BCUT2D eigenvalue weighted by Gasteiger charge is -2.41. The van der Waals surface area contributed by atoms with Gasteiger partial charge in [0.25, 0.3) is 0 Å². The Morgan fingerprint density at radius 2 is 2.15 bits per heavy atom. The van der Waals surface area contributed by atoms with Gasteiger partial charge in [0.05, 0.1) is 5.92 Å². The largest absolute Gasteiger partial charge is 0.354 e. The zero-order chi connectivity index (χ0) is 14.1. The normalized spacial score (nSPS) is 28.0. The summed E-state index contributed by atoms with van der Waals surface area (Å²) in [5.74, 6) is 0.330. The lowest BCUT2D eigenvalue weighted by atomic mass is 9.89. The summed E-state index contributed by atoms with van der Waals surface area (Å²) in [6.07, 6.45) is 2.05. The van der Waals surface area contributed by atoms with Gasteiger partial charge >= 0.3 is 0 Å². The van der Waals surface area contributed by atoms with Crippen molar-refractivity contribution in [3.63, 3.8) is 0 Å². The maximum absolute atomic E-state index is 11.9. The Bertz CT molecular complexity index is 490. The van der Waals surface area contributed by atoms with E-state index in [0.29, 0.717) is 6.54 Å². The third-order valence-electron chi connectivity index (χ3n) is 4.52. The molecule has 2 fully saturated rings. The van der Waals surface area contributed by atoms with E-state index >= 15 is 0 Å². The van der Waals surface area contributed by atoms with Gasteiger partial charge < -0.3 is 11.1 Å². The van der Waals surface area contributed by atoms with Gasteiger partial charge in [-0.25, -0.2) is 0 Å². The number of amides is 1. The molecule has 20 heavy (non-hydrogen) atoms. The Labute approximate surface area is 124 Å². The van der Waals surface area contributed by atoms with E-state index in [4.69, 9.17) is 17.3 Å². The number of fused-ring (bicyclic) bond motifs is 1. The van der Waals surface area contributed by atoms with Gasteiger partial charge in [-0.15, -0.1) is 0 Å². The van der Waals surface area contributed by atoms with Crippen LogP contribution >= 0.6 is 11.6 Å². The zero-order valence-electron chi connectivity index (χ0n) is 11.4. The molecule has 2 aliphatic rings. The Kier molecular flexibility index (Phi) is 3.96. The second-order valence-corrected chi connectivity index (χ2v) is 6.04. The van der Waals surface area contributed by atoms with Crippen molar-refractivity contribution in [1.82, 2.24) is 10.2 Å². The maximum Gasteiger partial charge on any atom is 0.224 e. The standard InChI is InChI=1S/C15H20ClN3O/c16-11-5-3-10(4-6-11)13(8-17)19-7-1-2-12-14(19)9-18-15(12)20/h3-6,12-14H,1-2,7-9,17H2,(H,18,20). The number of carbonyl (C=O) groups is 1. The van der Waals surface area contributed by atoms with Crippen LogP contribution < -0.4 is 11.1 Å². The predicted molar refractivity (Wildman–Crippen MR) is 79.5 cm³/mol. The first kappa shape index (κ1) is 13.9. The fraction of sp³-hybridized carbons (Fsp3) is 0.533. The molecule has 0 radical (unpaired) electrons. The molecular formula is C15H20ClN3O. The van der Waals surface area contributed by atoms with Gasteiger partial charge in [-0.1, -0.05) is 23.7 Å². The zero-order valence-corrected chi connectivity index (χ0v) is 12.1. The summed E-state index contributed by atoms with van der Waals surface area (Å²) in [4.78, 5) is 14.3. The highest BCUT2D eigenvalue weighted by Gasteiger charge is 2.42. The summed E-state index contributed by atoms with van der Waals surface area (Å²) in [6, 6.07) is 8.31. The van der Waals surface area contributed by atoms with Crippen LogP contribution in [0.4, 0.5) is 0 Å². The Hall–Kier alpha value is -1.10. The fourth-order valence-corrected chi connectivity index (χ4v) is 3.65. The van der Waals surface area contributed by atoms with Crippen LogP contribution in [-0.4, -0.2) is 36.5 Å². The first-order valence-electron chi connectivity index (χ1n) is 7.19. The lowest BCUT2D eigenvalue weighted by molar-refractivity contribution is -0.124. The molecule has 3 unspecified atom stereocenters. The van der Waals surface area contributed by atoms with E-state index in [1.807, 2.05) is 24.3 Å². The second-order valence-electron chi connectivity index (χ2n) is 5.60. The molecule has 5 heteroatoms. The van der Waals surface area contributed by atoms with E-state index in [1.54, 1.807) is 0 Å². The van der Waals surface area contributed by atoms with Crippen LogP contribution in [0, 0.1) is 5.92 Å². The van der Waals surface area contributed by atoms with Gasteiger partial charge in [-0.3, -0.25) is 9.69 Å². The highest BCUT2D eigenvalue weighted by atomic mass is 35.5. The number of likely N-dealkylation sites (tertiary alicyclic amines) is 1. The summed E-state index contributed by atoms with van der Waals surface area (Å²) >= 11 is 5.95. The van der Waals surface area contributed by atoms with Crippen LogP contribution in [-0.2, 0) is 4.79 Å². The molecule has 1 aromatic carbocycles. The van der Waals surface area contributed by atoms with E-state index in [2.05, 4.69) is 10.2 Å². The first-order valence-corrected chi connectivity index (χ1v) is 7.57. The average Bonchev–Trinajstić information content (AvgIpc) is 2.84. The van der Waals surface area contributed by atoms with Gasteiger partial charge in [-0.2, -0.15) is 0 Å². The molecule has 108 valence electrons. The highest BCUT2D eigenvalue weighted by Crippen LogP contribution is 2.33. The molecule has 0 saturated carbocycles. The molecule has 0 bridgehead atoms. The maximum atomic E-state index is 11.9. The third kappa shape index (κ3) is 2.43. The van der Waals surface area contributed by atoms with Crippen molar-refractivity contribution in [1.29, 1.82) is 0 Å². The Morgan fingerprint density at radius 3 is 2.85 bits per heavy atom. The molecule has 3 rings (SSSR count). The number of halogens is 1. The molecule has 2 heterocycles. The first-order chi connectivity index (χ1) is 9.70. The number of carbonyl (C=O) groups excluding carboxylic acids is 1. The Morgan fingerprint density at radius 1 is 1.40 bits per heavy atom. The van der Waals surface area contributed by atoms with Crippen LogP contribution in [0.2, 0.25) is 5.02 Å². The van der Waals surface area contributed by atoms with Gasteiger partial charge in [-0.05, 0) is 37.1 Å². The van der Waals surface area contributed by atoms with Crippen LogP contribution in [0.1, 0.15) is 24.4 Å². The van der Waals surface area contributed by atoms with Gasteiger partial charge in [0.2, 0.25) is 5.91 Å². The van der Waals surface area contributed by atoms with Crippen molar-refractivity contribution < 1.29 is 4.79 Å².